The third kappa shape index (κ3) is 1.64. The molecule has 1 unspecified atom stereocenters. The number of hydrogen-bond acceptors (Lipinski definition) is 3. The minimum atomic E-state index is -0.440. The molecular weight excluding hydrogens is 184 g/mol. The van der Waals surface area contributed by atoms with E-state index in [1.807, 2.05) is 0 Å². The zero-order valence-electron chi connectivity index (χ0n) is 4.54. The van der Waals surface area contributed by atoms with Gasteiger partial charge in [0, 0.05) is 0 Å². The molecule has 0 spiro atoms. The van der Waals surface area contributed by atoms with Crippen LogP contribution in [0.25, 0.3) is 0 Å². The summed E-state index contributed by atoms with van der Waals surface area (Å²) < 4.78 is 5.59. The minimum Gasteiger partial charge on any atom is -0.457 e. The quantitative estimate of drug-likeness (QED) is 0.631. The Kier molecular flexibility index (Phi) is 2.00. The van der Waals surface area contributed by atoms with Crippen LogP contribution in [0, 0.1) is 5.53 Å². The number of halogens is 1. The van der Waals surface area contributed by atoms with E-state index in [0.29, 0.717) is 4.67 Å². The molecule has 9 heavy (non-hydrogen) atoms. The lowest BCUT2D eigenvalue weighted by molar-refractivity contribution is 0.174. The SMILES string of the molecule is N=NC1C=CC=C(Br)O1. The number of hydrogen-bond donors (Lipinski definition) is 1. The Balaban J connectivity index is 2.61. The van der Waals surface area contributed by atoms with Gasteiger partial charge in [-0.15, -0.1) is 5.11 Å². The summed E-state index contributed by atoms with van der Waals surface area (Å²) in [6, 6.07) is 0. The molecule has 1 aliphatic rings. The van der Waals surface area contributed by atoms with Crippen molar-refractivity contribution in [2.24, 2.45) is 5.11 Å². The van der Waals surface area contributed by atoms with Crippen LogP contribution in [0.15, 0.2) is 28.0 Å². The Morgan fingerprint density at radius 1 is 1.78 bits per heavy atom. The van der Waals surface area contributed by atoms with Gasteiger partial charge in [-0.3, -0.25) is 0 Å². The zero-order valence-corrected chi connectivity index (χ0v) is 6.13. The fourth-order valence-electron chi connectivity index (χ4n) is 0.490. The molecule has 0 fully saturated rings. The van der Waals surface area contributed by atoms with E-state index in [2.05, 4.69) is 21.0 Å². The van der Waals surface area contributed by atoms with Crippen LogP contribution in [0.2, 0.25) is 0 Å². The van der Waals surface area contributed by atoms with Crippen LogP contribution in [0.5, 0.6) is 0 Å². The Morgan fingerprint density at radius 3 is 3.00 bits per heavy atom. The van der Waals surface area contributed by atoms with Crippen molar-refractivity contribution in [3.63, 3.8) is 0 Å². The molecule has 48 valence electrons. The summed E-state index contributed by atoms with van der Waals surface area (Å²) in [5.41, 5.74) is 6.59. The summed E-state index contributed by atoms with van der Waals surface area (Å²) in [4.78, 5) is 0. The molecule has 1 rings (SSSR count). The van der Waals surface area contributed by atoms with Crippen LogP contribution in [0.4, 0.5) is 0 Å². The number of nitrogens with zero attached hydrogens (tertiary/aromatic N) is 1. The van der Waals surface area contributed by atoms with E-state index >= 15 is 0 Å². The maximum atomic E-state index is 6.59. The average molecular weight is 189 g/mol. The molecule has 0 radical (unpaired) electrons. The Morgan fingerprint density at radius 2 is 2.56 bits per heavy atom. The molecule has 1 atom stereocenters. The highest BCUT2D eigenvalue weighted by atomic mass is 79.9. The summed E-state index contributed by atoms with van der Waals surface area (Å²) >= 11 is 3.11. The van der Waals surface area contributed by atoms with E-state index in [1.165, 1.54) is 0 Å². The van der Waals surface area contributed by atoms with E-state index in [1.54, 1.807) is 18.2 Å². The molecular formula is C5H5BrN2O. The van der Waals surface area contributed by atoms with E-state index < -0.39 is 6.23 Å². The van der Waals surface area contributed by atoms with Crippen molar-refractivity contribution in [1.29, 1.82) is 5.53 Å². The number of nitrogens with one attached hydrogen (secondary N) is 1. The van der Waals surface area contributed by atoms with Gasteiger partial charge in [-0.2, -0.15) is 0 Å². The van der Waals surface area contributed by atoms with Gasteiger partial charge >= 0.3 is 0 Å². The first kappa shape index (κ1) is 6.48. The predicted molar refractivity (Wildman–Crippen MR) is 36.2 cm³/mol. The molecule has 0 aromatic heterocycles. The maximum absolute atomic E-state index is 6.59. The zero-order chi connectivity index (χ0) is 6.69. The van der Waals surface area contributed by atoms with Gasteiger partial charge in [-0.25, -0.2) is 5.53 Å². The number of rotatable bonds is 1. The van der Waals surface area contributed by atoms with Gasteiger partial charge in [0.1, 0.15) is 0 Å². The van der Waals surface area contributed by atoms with Crippen molar-refractivity contribution in [2.45, 2.75) is 6.23 Å². The fraction of sp³-hybridized carbons (Fsp3) is 0.200. The van der Waals surface area contributed by atoms with Crippen LogP contribution >= 0.6 is 15.9 Å². The molecule has 1 heterocycles. The van der Waals surface area contributed by atoms with Crippen LogP contribution in [0.3, 0.4) is 0 Å². The van der Waals surface area contributed by atoms with E-state index in [4.69, 9.17) is 10.3 Å². The van der Waals surface area contributed by atoms with E-state index in [9.17, 15) is 0 Å². The van der Waals surface area contributed by atoms with Crippen LogP contribution in [-0.2, 0) is 4.74 Å². The standard InChI is InChI=1S/C5H5BrN2O/c6-4-2-1-3-5(8-7)9-4/h1-3,5,7H. The Labute approximate surface area is 61.0 Å². The van der Waals surface area contributed by atoms with Gasteiger partial charge in [0.2, 0.25) is 6.23 Å². The van der Waals surface area contributed by atoms with E-state index in [-0.39, 0.29) is 0 Å². The summed E-state index contributed by atoms with van der Waals surface area (Å²) in [6.07, 6.45) is 4.79. The second-order valence-electron chi connectivity index (χ2n) is 1.49. The number of allylic oxidation sites excluding steroid dienone is 2. The molecule has 0 saturated carbocycles. The molecule has 1 aliphatic heterocycles. The number of ether oxygens (including phenoxy) is 1. The monoisotopic (exact) mass is 188 g/mol. The smallest absolute Gasteiger partial charge is 0.228 e. The minimum absolute atomic E-state index is 0.440. The highest BCUT2D eigenvalue weighted by Crippen LogP contribution is 2.15. The van der Waals surface area contributed by atoms with Crippen LogP contribution in [-0.4, -0.2) is 6.23 Å². The largest absolute Gasteiger partial charge is 0.457 e. The fourth-order valence-corrected chi connectivity index (χ4v) is 0.834. The second kappa shape index (κ2) is 2.77. The predicted octanol–water partition coefficient (Wildman–Crippen LogP) is 2.17. The average Bonchev–Trinajstić information content (AvgIpc) is 1.88. The lowest BCUT2D eigenvalue weighted by Crippen LogP contribution is -2.04. The van der Waals surface area contributed by atoms with Crippen molar-refractivity contribution < 1.29 is 4.74 Å². The molecule has 0 bridgehead atoms. The highest BCUT2D eigenvalue weighted by molar-refractivity contribution is 9.11. The molecule has 0 aromatic rings. The van der Waals surface area contributed by atoms with Crippen molar-refractivity contribution in [2.75, 3.05) is 0 Å². The van der Waals surface area contributed by atoms with Crippen LogP contribution in [0.1, 0.15) is 0 Å². The second-order valence-corrected chi connectivity index (χ2v) is 2.27. The molecule has 4 heteroatoms. The molecule has 1 N–H and O–H groups in total. The lowest BCUT2D eigenvalue weighted by atomic mass is 10.4. The van der Waals surface area contributed by atoms with Crippen molar-refractivity contribution in [3.8, 4) is 0 Å². The third-order valence-electron chi connectivity index (χ3n) is 0.864. The first-order valence-electron chi connectivity index (χ1n) is 2.40. The maximum Gasteiger partial charge on any atom is 0.228 e. The van der Waals surface area contributed by atoms with Gasteiger partial charge in [0.15, 0.2) is 4.67 Å². The van der Waals surface area contributed by atoms with Gasteiger partial charge in [0.05, 0.1) is 0 Å². The van der Waals surface area contributed by atoms with Gasteiger partial charge in [-0.05, 0) is 28.1 Å². The topological polar surface area (TPSA) is 45.4 Å². The summed E-state index contributed by atoms with van der Waals surface area (Å²) in [6.45, 7) is 0. The summed E-state index contributed by atoms with van der Waals surface area (Å²) in [5, 5.41) is 3.17. The first-order valence-corrected chi connectivity index (χ1v) is 3.19. The van der Waals surface area contributed by atoms with Crippen molar-refractivity contribution >= 4 is 15.9 Å². The van der Waals surface area contributed by atoms with Gasteiger partial charge in [-0.1, -0.05) is 6.08 Å². The van der Waals surface area contributed by atoms with Crippen LogP contribution < -0.4 is 0 Å². The Bertz CT molecular complexity index is 176. The molecule has 0 amide bonds. The molecule has 0 aromatic carbocycles. The first-order chi connectivity index (χ1) is 4.33. The lowest BCUT2D eigenvalue weighted by Gasteiger charge is -2.10. The normalized spacial score (nSPS) is 24.6. The van der Waals surface area contributed by atoms with Gasteiger partial charge in [0.25, 0.3) is 0 Å². The molecule has 3 nitrogen and oxygen atoms in total. The third-order valence-corrected chi connectivity index (χ3v) is 1.31. The van der Waals surface area contributed by atoms with Gasteiger partial charge < -0.3 is 4.74 Å². The molecule has 0 aliphatic carbocycles. The van der Waals surface area contributed by atoms with Crippen molar-refractivity contribution in [3.05, 3.63) is 22.9 Å². The molecule has 0 saturated heterocycles. The summed E-state index contributed by atoms with van der Waals surface area (Å²) in [5.74, 6) is 0. The van der Waals surface area contributed by atoms with E-state index in [0.717, 1.165) is 0 Å². The Hall–Kier alpha value is -0.640. The summed E-state index contributed by atoms with van der Waals surface area (Å²) in [7, 11) is 0. The highest BCUT2D eigenvalue weighted by Gasteiger charge is 2.05. The van der Waals surface area contributed by atoms with Crippen molar-refractivity contribution in [1.82, 2.24) is 0 Å².